The molecule has 2 aromatic heterocycles. The minimum atomic E-state index is -2.94. The summed E-state index contributed by atoms with van der Waals surface area (Å²) in [5, 5.41) is 4.83. The van der Waals surface area contributed by atoms with Crippen LogP contribution < -0.4 is 15.0 Å². The fourth-order valence-corrected chi connectivity index (χ4v) is 4.65. The molecule has 1 aliphatic rings. The molecule has 3 aromatic rings. The first-order valence-corrected chi connectivity index (χ1v) is 15.8. The highest BCUT2D eigenvalue weighted by Gasteiger charge is 2.24. The first kappa shape index (κ1) is 25.4. The third kappa shape index (κ3) is 6.29. The molecule has 0 amide bonds. The van der Waals surface area contributed by atoms with E-state index >= 15 is 0 Å². The standard InChI is InChI=1S/C25H33F2N3O4Si/c1-5-18-22-19(13-28-30(24(22)31)15-32-10-11-35(2,3)4)29-23(18)17-8-9-20(34-25(26)27)21(12-17)33-14-16-6-7-16/h8-9,12-13,16,25,29H,5-7,10-11,14-15H2,1-4H3. The van der Waals surface area contributed by atoms with Crippen LogP contribution in [0.15, 0.2) is 29.2 Å². The number of hydrogen-bond acceptors (Lipinski definition) is 5. The summed E-state index contributed by atoms with van der Waals surface area (Å²) in [4.78, 5) is 16.5. The lowest BCUT2D eigenvalue weighted by atomic mass is 10.0. The number of aryl methyl sites for hydroxylation is 1. The van der Waals surface area contributed by atoms with Crippen molar-refractivity contribution in [3.05, 3.63) is 40.3 Å². The highest BCUT2D eigenvalue weighted by atomic mass is 28.3. The maximum Gasteiger partial charge on any atom is 0.387 e. The van der Waals surface area contributed by atoms with Gasteiger partial charge in [-0.25, -0.2) is 4.68 Å². The van der Waals surface area contributed by atoms with Crippen molar-refractivity contribution in [3.8, 4) is 22.8 Å². The Bertz CT molecular complexity index is 1230. The molecular weight excluding hydrogens is 472 g/mol. The van der Waals surface area contributed by atoms with Crippen molar-refractivity contribution in [2.75, 3.05) is 13.2 Å². The number of benzene rings is 1. The maximum absolute atomic E-state index is 13.3. The van der Waals surface area contributed by atoms with Gasteiger partial charge in [0, 0.05) is 20.2 Å². The molecule has 0 atom stereocenters. The molecule has 1 aromatic carbocycles. The summed E-state index contributed by atoms with van der Waals surface area (Å²) in [5.74, 6) is 0.717. The Morgan fingerprint density at radius 1 is 1.23 bits per heavy atom. The summed E-state index contributed by atoms with van der Waals surface area (Å²) in [7, 11) is -1.23. The monoisotopic (exact) mass is 505 g/mol. The topological polar surface area (TPSA) is 78.4 Å². The molecule has 7 nitrogen and oxygen atoms in total. The van der Waals surface area contributed by atoms with Gasteiger partial charge in [0.05, 0.1) is 29.4 Å². The molecule has 10 heteroatoms. The predicted octanol–water partition coefficient (Wildman–Crippen LogP) is 5.66. The minimum Gasteiger partial charge on any atom is -0.489 e. The fraction of sp³-hybridized carbons (Fsp3) is 0.520. The van der Waals surface area contributed by atoms with Crippen molar-refractivity contribution in [3.63, 3.8) is 0 Å². The van der Waals surface area contributed by atoms with Crippen LogP contribution in [-0.2, 0) is 17.9 Å². The molecule has 1 aliphatic carbocycles. The van der Waals surface area contributed by atoms with Crippen molar-refractivity contribution < 1.29 is 23.0 Å². The first-order valence-electron chi connectivity index (χ1n) is 12.1. The molecule has 35 heavy (non-hydrogen) atoms. The summed E-state index contributed by atoms with van der Waals surface area (Å²) >= 11 is 0. The lowest BCUT2D eigenvalue weighted by Gasteiger charge is -2.15. The van der Waals surface area contributed by atoms with E-state index in [2.05, 4.69) is 34.5 Å². The van der Waals surface area contributed by atoms with Crippen LogP contribution in [-0.4, -0.2) is 42.7 Å². The number of H-pyrrole nitrogens is 1. The number of aromatic nitrogens is 3. The van der Waals surface area contributed by atoms with Crippen LogP contribution in [0, 0.1) is 5.92 Å². The third-order valence-corrected chi connectivity index (χ3v) is 7.79. The molecule has 0 bridgehead atoms. The SMILES string of the molecule is CCc1c(-c2ccc(OC(F)F)c(OCC3CC3)c2)[nH]c2cnn(COCC[Si](C)(C)C)c(=O)c12. The maximum atomic E-state index is 13.3. The molecule has 0 radical (unpaired) electrons. The predicted molar refractivity (Wildman–Crippen MR) is 134 cm³/mol. The number of hydrogen-bond donors (Lipinski definition) is 1. The Morgan fingerprint density at radius 3 is 2.66 bits per heavy atom. The smallest absolute Gasteiger partial charge is 0.387 e. The van der Waals surface area contributed by atoms with Gasteiger partial charge in [0.2, 0.25) is 0 Å². The summed E-state index contributed by atoms with van der Waals surface area (Å²) < 4.78 is 43.4. The molecule has 2 heterocycles. The Balaban J connectivity index is 1.65. The van der Waals surface area contributed by atoms with Crippen molar-refractivity contribution in [2.24, 2.45) is 5.92 Å². The second-order valence-electron chi connectivity index (χ2n) is 10.2. The lowest BCUT2D eigenvalue weighted by Crippen LogP contribution is -2.26. The second kappa shape index (κ2) is 10.5. The van der Waals surface area contributed by atoms with E-state index in [1.807, 2.05) is 6.92 Å². The molecule has 0 saturated heterocycles. The van der Waals surface area contributed by atoms with Gasteiger partial charge in [-0.2, -0.15) is 13.9 Å². The molecule has 0 unspecified atom stereocenters. The van der Waals surface area contributed by atoms with Crippen molar-refractivity contribution in [1.82, 2.24) is 14.8 Å². The molecule has 0 aliphatic heterocycles. The normalized spacial score (nSPS) is 14.1. The van der Waals surface area contributed by atoms with E-state index in [1.165, 1.54) is 10.7 Å². The number of nitrogens with zero attached hydrogens (tertiary/aromatic N) is 2. The molecule has 1 fully saturated rings. The highest BCUT2D eigenvalue weighted by molar-refractivity contribution is 6.76. The molecule has 1 saturated carbocycles. The van der Waals surface area contributed by atoms with E-state index in [1.54, 1.807) is 18.3 Å². The van der Waals surface area contributed by atoms with Gasteiger partial charge in [-0.15, -0.1) is 0 Å². The quantitative estimate of drug-likeness (QED) is 0.254. The van der Waals surface area contributed by atoms with Crippen LogP contribution in [0.4, 0.5) is 8.78 Å². The van der Waals surface area contributed by atoms with Crippen LogP contribution in [0.2, 0.25) is 25.7 Å². The van der Waals surface area contributed by atoms with Gasteiger partial charge >= 0.3 is 6.61 Å². The van der Waals surface area contributed by atoms with Crippen molar-refractivity contribution in [2.45, 2.75) is 65.2 Å². The molecular formula is C25H33F2N3O4Si. The second-order valence-corrected chi connectivity index (χ2v) is 15.8. The van der Waals surface area contributed by atoms with Gasteiger partial charge in [0.25, 0.3) is 5.56 Å². The van der Waals surface area contributed by atoms with Crippen molar-refractivity contribution in [1.29, 1.82) is 0 Å². The third-order valence-electron chi connectivity index (χ3n) is 6.09. The zero-order chi connectivity index (χ0) is 25.2. The fourth-order valence-electron chi connectivity index (χ4n) is 3.89. The minimum absolute atomic E-state index is 0.00181. The van der Waals surface area contributed by atoms with Crippen LogP contribution in [0.5, 0.6) is 11.5 Å². The van der Waals surface area contributed by atoms with Gasteiger partial charge < -0.3 is 19.2 Å². The van der Waals surface area contributed by atoms with E-state index in [9.17, 15) is 13.6 Å². The number of nitrogens with one attached hydrogen (secondary N) is 1. The van der Waals surface area contributed by atoms with Crippen LogP contribution in [0.1, 0.15) is 25.3 Å². The summed E-state index contributed by atoms with van der Waals surface area (Å²) in [6.07, 6.45) is 4.38. The summed E-state index contributed by atoms with van der Waals surface area (Å²) in [5.41, 5.74) is 2.69. The van der Waals surface area contributed by atoms with E-state index in [0.29, 0.717) is 36.5 Å². The Morgan fingerprint density at radius 2 is 2.00 bits per heavy atom. The number of aromatic amines is 1. The van der Waals surface area contributed by atoms with Crippen LogP contribution >= 0.6 is 0 Å². The first-order chi connectivity index (χ1) is 16.7. The van der Waals surface area contributed by atoms with Gasteiger partial charge in [0.1, 0.15) is 6.73 Å². The van der Waals surface area contributed by atoms with E-state index < -0.39 is 14.7 Å². The van der Waals surface area contributed by atoms with E-state index in [0.717, 1.165) is 35.7 Å². The molecule has 1 N–H and O–H groups in total. The average molecular weight is 506 g/mol. The van der Waals surface area contributed by atoms with E-state index in [4.69, 9.17) is 9.47 Å². The Labute approximate surface area is 204 Å². The number of halogens is 2. The van der Waals surface area contributed by atoms with Crippen molar-refractivity contribution >= 4 is 19.0 Å². The van der Waals surface area contributed by atoms with Gasteiger partial charge in [-0.1, -0.05) is 26.6 Å². The molecule has 190 valence electrons. The largest absolute Gasteiger partial charge is 0.489 e. The van der Waals surface area contributed by atoms with Crippen LogP contribution in [0.25, 0.3) is 22.2 Å². The highest BCUT2D eigenvalue weighted by Crippen LogP contribution is 2.38. The average Bonchev–Trinajstić information content (AvgIpc) is 3.54. The summed E-state index contributed by atoms with van der Waals surface area (Å²) in [6.45, 7) is 7.01. The Kier molecular flexibility index (Phi) is 7.61. The van der Waals surface area contributed by atoms with Gasteiger partial charge in [-0.05, 0) is 55.0 Å². The number of rotatable bonds is 12. The zero-order valence-corrected chi connectivity index (χ0v) is 21.7. The van der Waals surface area contributed by atoms with Gasteiger partial charge in [-0.3, -0.25) is 4.79 Å². The molecule has 0 spiro atoms. The van der Waals surface area contributed by atoms with Crippen LogP contribution in [0.3, 0.4) is 0 Å². The van der Waals surface area contributed by atoms with E-state index in [-0.39, 0.29) is 23.8 Å². The lowest BCUT2D eigenvalue weighted by molar-refractivity contribution is -0.0515. The number of alkyl halides is 2. The zero-order valence-electron chi connectivity index (χ0n) is 20.7. The number of ether oxygens (including phenoxy) is 3. The molecule has 4 rings (SSSR count). The Hall–Kier alpha value is -2.72. The summed E-state index contributed by atoms with van der Waals surface area (Å²) in [6, 6.07) is 5.87. The number of fused-ring (bicyclic) bond motifs is 1. The van der Waals surface area contributed by atoms with Gasteiger partial charge in [0.15, 0.2) is 11.5 Å².